The first kappa shape index (κ1) is 15.8. The number of halogens is 3. The van der Waals surface area contributed by atoms with E-state index in [-0.39, 0.29) is 5.78 Å². The molecule has 0 radical (unpaired) electrons. The molecule has 0 bridgehead atoms. The van der Waals surface area contributed by atoms with Crippen molar-refractivity contribution in [3.63, 3.8) is 0 Å². The maximum atomic E-state index is 12.5. The standard InChI is InChI=1S/C14H11BrCl2O2S/c1-3-19-11-6-9(16)8(5-10(11)17)13(18)12-4-7(2)14(15)20-12/h4-6H,3H2,1-2H3. The van der Waals surface area contributed by atoms with Gasteiger partial charge in [0.1, 0.15) is 5.75 Å². The lowest BCUT2D eigenvalue weighted by Gasteiger charge is -2.09. The van der Waals surface area contributed by atoms with Gasteiger partial charge in [-0.05, 0) is 47.5 Å². The highest BCUT2D eigenvalue weighted by molar-refractivity contribution is 9.11. The molecule has 20 heavy (non-hydrogen) atoms. The SMILES string of the molecule is CCOc1cc(Cl)c(C(=O)c2cc(C)c(Br)s2)cc1Cl. The van der Waals surface area contributed by atoms with Gasteiger partial charge in [0.05, 0.1) is 25.3 Å². The third-order valence-electron chi connectivity index (χ3n) is 2.65. The summed E-state index contributed by atoms with van der Waals surface area (Å²) >= 11 is 17.1. The van der Waals surface area contributed by atoms with Crippen molar-refractivity contribution in [3.05, 3.63) is 48.0 Å². The van der Waals surface area contributed by atoms with Crippen LogP contribution in [0.1, 0.15) is 27.7 Å². The molecule has 2 aromatic rings. The second-order valence-electron chi connectivity index (χ2n) is 4.09. The third kappa shape index (κ3) is 3.19. The van der Waals surface area contributed by atoms with Gasteiger partial charge in [0.15, 0.2) is 0 Å². The third-order valence-corrected chi connectivity index (χ3v) is 5.39. The Morgan fingerprint density at radius 2 is 2.00 bits per heavy atom. The fraction of sp³-hybridized carbons (Fsp3) is 0.214. The average molecular weight is 394 g/mol. The highest BCUT2D eigenvalue weighted by Crippen LogP contribution is 2.35. The topological polar surface area (TPSA) is 26.3 Å². The van der Waals surface area contributed by atoms with Crippen LogP contribution in [0, 0.1) is 6.92 Å². The second kappa shape index (κ2) is 6.48. The first-order valence-corrected chi connectivity index (χ1v) is 8.23. The van der Waals surface area contributed by atoms with Gasteiger partial charge in [-0.2, -0.15) is 0 Å². The van der Waals surface area contributed by atoms with E-state index in [9.17, 15) is 4.79 Å². The van der Waals surface area contributed by atoms with Crippen LogP contribution in [0.25, 0.3) is 0 Å². The summed E-state index contributed by atoms with van der Waals surface area (Å²) in [7, 11) is 0. The number of benzene rings is 1. The molecular formula is C14H11BrCl2O2S. The summed E-state index contributed by atoms with van der Waals surface area (Å²) in [5.41, 5.74) is 1.40. The molecule has 2 rings (SSSR count). The average Bonchev–Trinajstić information content (AvgIpc) is 2.73. The Balaban J connectivity index is 2.42. The van der Waals surface area contributed by atoms with Crippen LogP contribution in [0.2, 0.25) is 10.0 Å². The van der Waals surface area contributed by atoms with Crippen LogP contribution in [-0.4, -0.2) is 12.4 Å². The Morgan fingerprint density at radius 3 is 2.55 bits per heavy atom. The highest BCUT2D eigenvalue weighted by atomic mass is 79.9. The predicted molar refractivity (Wildman–Crippen MR) is 87.8 cm³/mol. The van der Waals surface area contributed by atoms with Crippen molar-refractivity contribution < 1.29 is 9.53 Å². The van der Waals surface area contributed by atoms with Crippen LogP contribution >= 0.6 is 50.5 Å². The molecule has 1 aromatic heterocycles. The van der Waals surface area contributed by atoms with E-state index in [2.05, 4.69) is 15.9 Å². The maximum Gasteiger partial charge on any atom is 0.204 e. The number of ketones is 1. The van der Waals surface area contributed by atoms with Gasteiger partial charge >= 0.3 is 0 Å². The van der Waals surface area contributed by atoms with Crippen LogP contribution in [0.5, 0.6) is 5.75 Å². The van der Waals surface area contributed by atoms with E-state index in [4.69, 9.17) is 27.9 Å². The molecule has 0 N–H and O–H groups in total. The maximum absolute atomic E-state index is 12.5. The number of carbonyl (C=O) groups excluding carboxylic acids is 1. The molecule has 1 aromatic carbocycles. The Labute approximate surface area is 139 Å². The van der Waals surface area contributed by atoms with Crippen LogP contribution in [0.15, 0.2) is 22.0 Å². The number of rotatable bonds is 4. The summed E-state index contributed by atoms with van der Waals surface area (Å²) in [4.78, 5) is 13.1. The summed E-state index contributed by atoms with van der Waals surface area (Å²) in [6.07, 6.45) is 0. The van der Waals surface area contributed by atoms with E-state index < -0.39 is 0 Å². The minimum Gasteiger partial charge on any atom is -0.492 e. The Kier molecular flexibility index (Phi) is 5.13. The highest BCUT2D eigenvalue weighted by Gasteiger charge is 2.18. The van der Waals surface area contributed by atoms with E-state index in [1.165, 1.54) is 11.3 Å². The van der Waals surface area contributed by atoms with Gasteiger partial charge < -0.3 is 4.74 Å². The molecule has 0 aliphatic rings. The van der Waals surface area contributed by atoms with E-state index >= 15 is 0 Å². The number of hydrogen-bond acceptors (Lipinski definition) is 3. The van der Waals surface area contributed by atoms with Crippen molar-refractivity contribution in [1.82, 2.24) is 0 Å². The predicted octanol–water partition coefficient (Wildman–Crippen LogP) is 5.76. The van der Waals surface area contributed by atoms with Crippen molar-refractivity contribution >= 4 is 56.3 Å². The fourth-order valence-corrected chi connectivity index (χ4v) is 3.62. The van der Waals surface area contributed by atoms with E-state index in [0.717, 1.165) is 9.35 Å². The molecule has 0 fully saturated rings. The summed E-state index contributed by atoms with van der Waals surface area (Å²) in [6, 6.07) is 4.97. The van der Waals surface area contributed by atoms with Gasteiger partial charge in [-0.1, -0.05) is 23.2 Å². The number of carbonyl (C=O) groups is 1. The van der Waals surface area contributed by atoms with Crippen molar-refractivity contribution in [3.8, 4) is 5.75 Å². The smallest absolute Gasteiger partial charge is 0.204 e. The number of ether oxygens (including phenoxy) is 1. The van der Waals surface area contributed by atoms with Gasteiger partial charge in [-0.15, -0.1) is 11.3 Å². The van der Waals surface area contributed by atoms with Gasteiger partial charge in [0.25, 0.3) is 0 Å². The minimum atomic E-state index is -0.140. The van der Waals surface area contributed by atoms with Crippen LogP contribution in [-0.2, 0) is 0 Å². The molecule has 0 atom stereocenters. The quantitative estimate of drug-likeness (QED) is 0.617. The Morgan fingerprint density at radius 1 is 1.30 bits per heavy atom. The molecule has 0 aliphatic heterocycles. The summed E-state index contributed by atoms with van der Waals surface area (Å²) < 4.78 is 6.29. The molecule has 0 amide bonds. The number of hydrogen-bond donors (Lipinski definition) is 0. The molecule has 106 valence electrons. The molecule has 0 aliphatic carbocycles. The Hall–Kier alpha value is -0.550. The molecule has 0 spiro atoms. The summed E-state index contributed by atoms with van der Waals surface area (Å²) in [6.45, 7) is 4.28. The lowest BCUT2D eigenvalue weighted by atomic mass is 10.1. The van der Waals surface area contributed by atoms with Gasteiger partial charge in [0.2, 0.25) is 5.78 Å². The number of thiophene rings is 1. The fourth-order valence-electron chi connectivity index (χ4n) is 1.67. The number of aryl methyl sites for hydroxylation is 1. The monoisotopic (exact) mass is 392 g/mol. The van der Waals surface area contributed by atoms with Crippen LogP contribution < -0.4 is 4.74 Å². The second-order valence-corrected chi connectivity index (χ2v) is 7.28. The zero-order chi connectivity index (χ0) is 14.9. The lowest BCUT2D eigenvalue weighted by Crippen LogP contribution is -2.01. The van der Waals surface area contributed by atoms with Crippen molar-refractivity contribution in [2.24, 2.45) is 0 Å². The zero-order valence-corrected chi connectivity index (χ0v) is 14.7. The van der Waals surface area contributed by atoms with E-state index in [0.29, 0.717) is 32.8 Å². The van der Waals surface area contributed by atoms with E-state index in [1.807, 2.05) is 19.9 Å². The molecule has 0 unspecified atom stereocenters. The molecule has 0 saturated heterocycles. The molecule has 2 nitrogen and oxygen atoms in total. The minimum absolute atomic E-state index is 0.140. The summed E-state index contributed by atoms with van der Waals surface area (Å²) in [5.74, 6) is 0.345. The van der Waals surface area contributed by atoms with Crippen LogP contribution in [0.3, 0.4) is 0 Å². The first-order valence-electron chi connectivity index (χ1n) is 5.86. The van der Waals surface area contributed by atoms with Crippen molar-refractivity contribution in [2.45, 2.75) is 13.8 Å². The molecule has 1 heterocycles. The first-order chi connectivity index (χ1) is 9.43. The van der Waals surface area contributed by atoms with E-state index in [1.54, 1.807) is 12.1 Å². The van der Waals surface area contributed by atoms with Gasteiger partial charge in [-0.25, -0.2) is 0 Å². The van der Waals surface area contributed by atoms with Crippen LogP contribution in [0.4, 0.5) is 0 Å². The van der Waals surface area contributed by atoms with Crippen molar-refractivity contribution in [1.29, 1.82) is 0 Å². The molecular weight excluding hydrogens is 383 g/mol. The molecule has 0 saturated carbocycles. The van der Waals surface area contributed by atoms with Gasteiger partial charge in [-0.3, -0.25) is 4.79 Å². The lowest BCUT2D eigenvalue weighted by molar-refractivity contribution is 0.104. The summed E-state index contributed by atoms with van der Waals surface area (Å²) in [5, 5.41) is 0.719. The normalized spacial score (nSPS) is 10.7. The Bertz CT molecular complexity index is 648. The zero-order valence-electron chi connectivity index (χ0n) is 10.8. The van der Waals surface area contributed by atoms with Gasteiger partial charge in [0, 0.05) is 11.6 Å². The largest absolute Gasteiger partial charge is 0.492 e. The van der Waals surface area contributed by atoms with Crippen molar-refractivity contribution in [2.75, 3.05) is 6.61 Å². The molecule has 6 heteroatoms.